The second-order valence-electron chi connectivity index (χ2n) is 4.88. The Bertz CT molecular complexity index is 459. The number of ether oxygens (including phenoxy) is 1. The molecule has 0 unspecified atom stereocenters. The van der Waals surface area contributed by atoms with Crippen molar-refractivity contribution < 1.29 is 9.53 Å². The maximum absolute atomic E-state index is 11.8. The van der Waals surface area contributed by atoms with Crippen molar-refractivity contribution >= 4 is 5.97 Å². The molecule has 0 heterocycles. The number of carbonyl (C=O) groups is 1. The fourth-order valence-corrected chi connectivity index (χ4v) is 1.51. The summed E-state index contributed by atoms with van der Waals surface area (Å²) in [4.78, 5) is 11.8. The van der Waals surface area contributed by atoms with Crippen molar-refractivity contribution in [1.29, 1.82) is 0 Å². The molecule has 0 fully saturated rings. The van der Waals surface area contributed by atoms with E-state index in [-0.39, 0.29) is 11.4 Å². The maximum atomic E-state index is 11.8. The van der Waals surface area contributed by atoms with E-state index in [4.69, 9.17) is 11.2 Å². The zero-order valence-electron chi connectivity index (χ0n) is 10.8. The summed E-state index contributed by atoms with van der Waals surface area (Å²) in [5.74, 6) is 2.16. The highest BCUT2D eigenvalue weighted by Crippen LogP contribution is 2.24. The summed E-state index contributed by atoms with van der Waals surface area (Å²) in [6.45, 7) is 8.40. The summed E-state index contributed by atoms with van der Waals surface area (Å²) in [5, 5.41) is 0. The van der Waals surface area contributed by atoms with Gasteiger partial charge < -0.3 is 4.74 Å². The number of hydrogen-bond donors (Lipinski definition) is 0. The van der Waals surface area contributed by atoms with E-state index in [1.165, 1.54) is 0 Å². The van der Waals surface area contributed by atoms with Crippen LogP contribution in [0.5, 0.6) is 0 Å². The van der Waals surface area contributed by atoms with Crippen LogP contribution in [0.1, 0.15) is 49.2 Å². The summed E-state index contributed by atoms with van der Waals surface area (Å²) in [6, 6.07) is 5.58. The molecule has 0 aromatic heterocycles. The number of carbonyl (C=O) groups excluding carboxylic acids is 1. The molecule has 0 bridgehead atoms. The van der Waals surface area contributed by atoms with E-state index in [1.54, 1.807) is 13.0 Å². The van der Waals surface area contributed by atoms with Crippen molar-refractivity contribution in [3.05, 3.63) is 34.9 Å². The second-order valence-corrected chi connectivity index (χ2v) is 4.88. The smallest absolute Gasteiger partial charge is 0.339 e. The van der Waals surface area contributed by atoms with Crippen molar-refractivity contribution in [2.24, 2.45) is 0 Å². The van der Waals surface area contributed by atoms with Crippen LogP contribution in [0.3, 0.4) is 0 Å². The predicted molar refractivity (Wildman–Crippen MR) is 69.0 cm³/mol. The molecular formula is C15H18O2. The van der Waals surface area contributed by atoms with E-state index in [9.17, 15) is 4.79 Å². The summed E-state index contributed by atoms with van der Waals surface area (Å²) in [7, 11) is 0. The molecule has 0 aliphatic rings. The number of benzene rings is 1. The molecular weight excluding hydrogens is 212 g/mol. The van der Waals surface area contributed by atoms with E-state index in [0.717, 1.165) is 5.56 Å². The number of terminal acetylenes is 1. The molecule has 0 aliphatic heterocycles. The third-order valence-corrected chi connectivity index (χ3v) is 2.54. The zero-order chi connectivity index (χ0) is 13.1. The van der Waals surface area contributed by atoms with Crippen molar-refractivity contribution in [3.63, 3.8) is 0 Å². The first-order valence-electron chi connectivity index (χ1n) is 5.68. The van der Waals surface area contributed by atoms with Crippen LogP contribution in [-0.4, -0.2) is 12.6 Å². The number of rotatable bonds is 2. The van der Waals surface area contributed by atoms with Crippen LogP contribution >= 0.6 is 0 Å². The Morgan fingerprint density at radius 3 is 2.53 bits per heavy atom. The number of hydrogen-bond acceptors (Lipinski definition) is 2. The summed E-state index contributed by atoms with van der Waals surface area (Å²) in [5.41, 5.74) is 2.10. The first kappa shape index (κ1) is 13.3. The Kier molecular flexibility index (Phi) is 3.96. The molecule has 0 aliphatic carbocycles. The van der Waals surface area contributed by atoms with E-state index in [1.807, 2.05) is 12.1 Å². The third kappa shape index (κ3) is 3.10. The van der Waals surface area contributed by atoms with Gasteiger partial charge in [-0.2, -0.15) is 0 Å². The quantitative estimate of drug-likeness (QED) is 0.576. The lowest BCUT2D eigenvalue weighted by atomic mass is 9.85. The molecule has 90 valence electrons. The molecule has 0 saturated heterocycles. The van der Waals surface area contributed by atoms with E-state index in [2.05, 4.69) is 26.7 Å². The molecule has 1 rings (SSSR count). The van der Waals surface area contributed by atoms with Crippen molar-refractivity contribution in [2.45, 2.75) is 33.1 Å². The first-order chi connectivity index (χ1) is 7.90. The van der Waals surface area contributed by atoms with Gasteiger partial charge in [-0.3, -0.25) is 0 Å². The van der Waals surface area contributed by atoms with Crippen molar-refractivity contribution in [2.75, 3.05) is 6.61 Å². The van der Waals surface area contributed by atoms with Crippen LogP contribution in [-0.2, 0) is 10.2 Å². The van der Waals surface area contributed by atoms with Gasteiger partial charge in [0.2, 0.25) is 0 Å². The fraction of sp³-hybridized carbons (Fsp3) is 0.400. The monoisotopic (exact) mass is 230 g/mol. The van der Waals surface area contributed by atoms with Gasteiger partial charge in [-0.25, -0.2) is 4.79 Å². The summed E-state index contributed by atoms with van der Waals surface area (Å²) >= 11 is 0. The van der Waals surface area contributed by atoms with Crippen LogP contribution in [0.25, 0.3) is 0 Å². The Morgan fingerprint density at radius 1 is 1.41 bits per heavy atom. The van der Waals surface area contributed by atoms with E-state index >= 15 is 0 Å². The third-order valence-electron chi connectivity index (χ3n) is 2.54. The van der Waals surface area contributed by atoms with Crippen LogP contribution in [0.2, 0.25) is 0 Å². The first-order valence-corrected chi connectivity index (χ1v) is 5.68. The summed E-state index contributed by atoms with van der Waals surface area (Å²) in [6.07, 6.45) is 5.39. The van der Waals surface area contributed by atoms with Gasteiger partial charge in [0.05, 0.1) is 12.2 Å². The molecule has 0 N–H and O–H groups in total. The molecule has 2 nitrogen and oxygen atoms in total. The highest BCUT2D eigenvalue weighted by molar-refractivity contribution is 5.92. The standard InChI is InChI=1S/C15H18O2/c1-6-11-8-9-12(15(3,4)5)10-13(11)14(16)17-7-2/h1,8-10H,7H2,2-5H3. The van der Waals surface area contributed by atoms with Crippen LogP contribution in [0.4, 0.5) is 0 Å². The summed E-state index contributed by atoms with van der Waals surface area (Å²) < 4.78 is 5.00. The van der Waals surface area contributed by atoms with Crippen molar-refractivity contribution in [1.82, 2.24) is 0 Å². The molecule has 1 aromatic rings. The number of esters is 1. The topological polar surface area (TPSA) is 26.3 Å². The minimum atomic E-state index is -0.355. The Hall–Kier alpha value is -1.75. The van der Waals surface area contributed by atoms with Crippen molar-refractivity contribution in [3.8, 4) is 12.3 Å². The zero-order valence-corrected chi connectivity index (χ0v) is 10.8. The van der Waals surface area contributed by atoms with Gasteiger partial charge in [-0.15, -0.1) is 6.42 Å². The lowest BCUT2D eigenvalue weighted by Gasteiger charge is -2.20. The van der Waals surface area contributed by atoms with Gasteiger partial charge in [0.25, 0.3) is 0 Å². The Balaban J connectivity index is 3.26. The molecule has 1 aromatic carbocycles. The minimum Gasteiger partial charge on any atom is -0.462 e. The SMILES string of the molecule is C#Cc1ccc(C(C)(C)C)cc1C(=O)OCC. The lowest BCUT2D eigenvalue weighted by Crippen LogP contribution is -2.14. The average Bonchev–Trinajstić information content (AvgIpc) is 2.27. The molecule has 0 saturated carbocycles. The Labute approximate surface area is 103 Å². The molecule has 17 heavy (non-hydrogen) atoms. The second kappa shape index (κ2) is 5.05. The van der Waals surface area contributed by atoms with Gasteiger partial charge in [-0.05, 0) is 30.0 Å². The van der Waals surface area contributed by atoms with Gasteiger partial charge in [-0.1, -0.05) is 32.8 Å². The minimum absolute atomic E-state index is 0.0195. The molecule has 0 amide bonds. The molecule has 2 heteroatoms. The molecule has 0 spiro atoms. The van der Waals surface area contributed by atoms with Gasteiger partial charge in [0, 0.05) is 5.56 Å². The highest BCUT2D eigenvalue weighted by Gasteiger charge is 2.18. The molecule has 0 atom stereocenters. The largest absolute Gasteiger partial charge is 0.462 e. The fourth-order valence-electron chi connectivity index (χ4n) is 1.51. The van der Waals surface area contributed by atoms with Gasteiger partial charge in [0.15, 0.2) is 0 Å². The average molecular weight is 230 g/mol. The predicted octanol–water partition coefficient (Wildman–Crippen LogP) is 3.14. The lowest BCUT2D eigenvalue weighted by molar-refractivity contribution is 0.0526. The maximum Gasteiger partial charge on any atom is 0.339 e. The normalized spacial score (nSPS) is 10.8. The Morgan fingerprint density at radius 2 is 2.06 bits per heavy atom. The van der Waals surface area contributed by atoms with E-state index in [0.29, 0.717) is 17.7 Å². The van der Waals surface area contributed by atoms with Gasteiger partial charge >= 0.3 is 5.97 Å². The highest BCUT2D eigenvalue weighted by atomic mass is 16.5. The van der Waals surface area contributed by atoms with Crippen LogP contribution in [0.15, 0.2) is 18.2 Å². The molecule has 0 radical (unpaired) electrons. The van der Waals surface area contributed by atoms with Crippen LogP contribution < -0.4 is 0 Å². The van der Waals surface area contributed by atoms with E-state index < -0.39 is 0 Å². The van der Waals surface area contributed by atoms with Crippen LogP contribution in [0, 0.1) is 12.3 Å². The van der Waals surface area contributed by atoms with Gasteiger partial charge in [0.1, 0.15) is 0 Å².